The lowest BCUT2D eigenvalue weighted by atomic mass is 10.2. The Kier molecular flexibility index (Phi) is 5.83. The van der Waals surface area contributed by atoms with Crippen molar-refractivity contribution in [3.05, 3.63) is 70.0 Å². The minimum absolute atomic E-state index is 0.165. The quantitative estimate of drug-likeness (QED) is 0.735. The summed E-state index contributed by atoms with van der Waals surface area (Å²) in [6.07, 6.45) is 4.23. The molecule has 2 amide bonds. The standard InChI is InChI=1S/C20H18BrFN2O2/c21-16-7-8-18(22)15(12-16)6-9-19(25)23-17-4-1-3-14(11-17)13-24-10-2-5-20(24)26/h1,3-4,6-9,11-12H,2,5,10,13H2,(H,23,25)/b9-6+. The van der Waals surface area contributed by atoms with Crippen LogP contribution in [-0.2, 0) is 16.1 Å². The molecule has 1 aliphatic heterocycles. The molecule has 134 valence electrons. The van der Waals surface area contributed by atoms with Gasteiger partial charge in [0.15, 0.2) is 0 Å². The minimum Gasteiger partial charge on any atom is -0.338 e. The second kappa shape index (κ2) is 8.27. The Balaban J connectivity index is 1.64. The maximum absolute atomic E-state index is 13.7. The van der Waals surface area contributed by atoms with Gasteiger partial charge >= 0.3 is 0 Å². The SMILES string of the molecule is O=C(/C=C/c1cc(Br)ccc1F)Nc1cccc(CN2CCCC2=O)c1. The third-order valence-electron chi connectivity index (χ3n) is 4.11. The van der Waals surface area contributed by atoms with Gasteiger partial charge in [0.25, 0.3) is 0 Å². The summed E-state index contributed by atoms with van der Waals surface area (Å²) in [6, 6.07) is 11.9. The van der Waals surface area contributed by atoms with E-state index in [9.17, 15) is 14.0 Å². The van der Waals surface area contributed by atoms with E-state index in [4.69, 9.17) is 0 Å². The van der Waals surface area contributed by atoms with Crippen LogP contribution in [-0.4, -0.2) is 23.3 Å². The molecular formula is C20H18BrFN2O2. The first-order chi connectivity index (χ1) is 12.5. The number of hydrogen-bond donors (Lipinski definition) is 1. The van der Waals surface area contributed by atoms with Gasteiger partial charge in [0.1, 0.15) is 5.82 Å². The van der Waals surface area contributed by atoms with Crippen molar-refractivity contribution in [1.29, 1.82) is 0 Å². The molecule has 3 rings (SSSR count). The molecule has 0 spiro atoms. The Labute approximate surface area is 159 Å². The number of amides is 2. The van der Waals surface area contributed by atoms with Crippen molar-refractivity contribution < 1.29 is 14.0 Å². The molecule has 1 heterocycles. The fourth-order valence-corrected chi connectivity index (χ4v) is 3.21. The van der Waals surface area contributed by atoms with Gasteiger partial charge in [0.2, 0.25) is 11.8 Å². The monoisotopic (exact) mass is 416 g/mol. The van der Waals surface area contributed by atoms with E-state index in [1.54, 1.807) is 18.2 Å². The molecular weight excluding hydrogens is 399 g/mol. The molecule has 0 unspecified atom stereocenters. The van der Waals surface area contributed by atoms with Gasteiger partial charge in [-0.05, 0) is 48.4 Å². The molecule has 4 nitrogen and oxygen atoms in total. The normalized spacial score (nSPS) is 14.2. The van der Waals surface area contributed by atoms with Crippen molar-refractivity contribution in [2.45, 2.75) is 19.4 Å². The summed E-state index contributed by atoms with van der Waals surface area (Å²) in [7, 11) is 0. The third-order valence-corrected chi connectivity index (χ3v) is 4.60. The van der Waals surface area contributed by atoms with Crippen LogP contribution in [0, 0.1) is 5.82 Å². The Morgan fingerprint density at radius 2 is 2.12 bits per heavy atom. The first-order valence-electron chi connectivity index (χ1n) is 8.32. The molecule has 0 radical (unpaired) electrons. The smallest absolute Gasteiger partial charge is 0.248 e. The highest BCUT2D eigenvalue weighted by atomic mass is 79.9. The van der Waals surface area contributed by atoms with Crippen LogP contribution in [0.1, 0.15) is 24.0 Å². The molecule has 0 aliphatic carbocycles. The second-order valence-electron chi connectivity index (χ2n) is 6.11. The Bertz CT molecular complexity index is 867. The van der Waals surface area contributed by atoms with Crippen LogP contribution >= 0.6 is 15.9 Å². The first-order valence-corrected chi connectivity index (χ1v) is 9.11. The van der Waals surface area contributed by atoms with Gasteiger partial charge in [-0.1, -0.05) is 28.1 Å². The highest BCUT2D eigenvalue weighted by Crippen LogP contribution is 2.18. The maximum atomic E-state index is 13.7. The van der Waals surface area contributed by atoms with Crippen LogP contribution in [0.25, 0.3) is 6.08 Å². The van der Waals surface area contributed by atoms with Gasteiger partial charge < -0.3 is 10.2 Å². The lowest BCUT2D eigenvalue weighted by Crippen LogP contribution is -2.23. The van der Waals surface area contributed by atoms with Crippen molar-refractivity contribution >= 4 is 39.5 Å². The number of anilines is 1. The van der Waals surface area contributed by atoms with Crippen LogP contribution in [0.3, 0.4) is 0 Å². The molecule has 1 fully saturated rings. The van der Waals surface area contributed by atoms with Gasteiger partial charge in [-0.25, -0.2) is 4.39 Å². The number of carbonyl (C=O) groups is 2. The predicted octanol–water partition coefficient (Wildman–Crippen LogP) is 4.36. The van der Waals surface area contributed by atoms with E-state index in [0.717, 1.165) is 23.0 Å². The summed E-state index contributed by atoms with van der Waals surface area (Å²) >= 11 is 3.28. The Hall–Kier alpha value is -2.47. The van der Waals surface area contributed by atoms with Gasteiger partial charge in [-0.15, -0.1) is 0 Å². The van der Waals surface area contributed by atoms with E-state index >= 15 is 0 Å². The molecule has 1 aliphatic rings. The number of benzene rings is 2. The number of halogens is 2. The summed E-state index contributed by atoms with van der Waals surface area (Å²) in [4.78, 5) is 25.6. The summed E-state index contributed by atoms with van der Waals surface area (Å²) in [5.74, 6) is -0.577. The molecule has 2 aromatic rings. The zero-order valence-corrected chi connectivity index (χ0v) is 15.6. The summed E-state index contributed by atoms with van der Waals surface area (Å²) in [5, 5.41) is 2.76. The summed E-state index contributed by atoms with van der Waals surface area (Å²) in [5.41, 5.74) is 1.93. The summed E-state index contributed by atoms with van der Waals surface area (Å²) < 4.78 is 14.4. The molecule has 0 saturated carbocycles. The third kappa shape index (κ3) is 4.79. The first kappa shape index (κ1) is 18.3. The molecule has 6 heteroatoms. The summed E-state index contributed by atoms with van der Waals surface area (Å²) in [6.45, 7) is 1.32. The average molecular weight is 417 g/mol. The van der Waals surface area contributed by atoms with Crippen LogP contribution in [0.2, 0.25) is 0 Å². The van der Waals surface area contributed by atoms with Crippen LogP contribution in [0.4, 0.5) is 10.1 Å². The number of nitrogens with zero attached hydrogens (tertiary/aromatic N) is 1. The topological polar surface area (TPSA) is 49.4 Å². The van der Waals surface area contributed by atoms with Gasteiger partial charge in [0, 0.05) is 41.3 Å². The van der Waals surface area contributed by atoms with E-state index in [1.165, 1.54) is 18.2 Å². The number of likely N-dealkylation sites (tertiary alicyclic amines) is 1. The molecule has 1 N–H and O–H groups in total. The number of hydrogen-bond acceptors (Lipinski definition) is 2. The van der Waals surface area contributed by atoms with Gasteiger partial charge in [0.05, 0.1) is 0 Å². The van der Waals surface area contributed by atoms with Crippen molar-refractivity contribution in [2.75, 3.05) is 11.9 Å². The largest absolute Gasteiger partial charge is 0.338 e. The molecule has 0 atom stereocenters. The van der Waals surface area contributed by atoms with Crippen LogP contribution in [0.15, 0.2) is 53.0 Å². The van der Waals surface area contributed by atoms with Crippen LogP contribution < -0.4 is 5.32 Å². The molecule has 2 aromatic carbocycles. The van der Waals surface area contributed by atoms with E-state index in [2.05, 4.69) is 21.2 Å². The highest BCUT2D eigenvalue weighted by Gasteiger charge is 2.19. The lowest BCUT2D eigenvalue weighted by Gasteiger charge is -2.16. The number of nitrogens with one attached hydrogen (secondary N) is 1. The minimum atomic E-state index is -0.394. The zero-order valence-electron chi connectivity index (χ0n) is 14.0. The maximum Gasteiger partial charge on any atom is 0.248 e. The van der Waals surface area contributed by atoms with Gasteiger partial charge in [-0.2, -0.15) is 0 Å². The zero-order chi connectivity index (χ0) is 18.5. The van der Waals surface area contributed by atoms with Crippen molar-refractivity contribution in [1.82, 2.24) is 4.90 Å². The van der Waals surface area contributed by atoms with Gasteiger partial charge in [-0.3, -0.25) is 9.59 Å². The number of carbonyl (C=O) groups excluding carboxylic acids is 2. The Morgan fingerprint density at radius 1 is 1.27 bits per heavy atom. The fraction of sp³-hybridized carbons (Fsp3) is 0.200. The van der Waals surface area contributed by atoms with E-state index in [1.807, 2.05) is 23.1 Å². The molecule has 1 saturated heterocycles. The lowest BCUT2D eigenvalue weighted by molar-refractivity contribution is -0.128. The molecule has 26 heavy (non-hydrogen) atoms. The predicted molar refractivity (Wildman–Crippen MR) is 103 cm³/mol. The Morgan fingerprint density at radius 3 is 2.88 bits per heavy atom. The van der Waals surface area contributed by atoms with Crippen molar-refractivity contribution in [3.8, 4) is 0 Å². The van der Waals surface area contributed by atoms with Crippen molar-refractivity contribution in [3.63, 3.8) is 0 Å². The van der Waals surface area contributed by atoms with E-state index in [-0.39, 0.29) is 11.8 Å². The molecule has 0 bridgehead atoms. The van der Waals surface area contributed by atoms with E-state index < -0.39 is 5.82 Å². The van der Waals surface area contributed by atoms with Crippen LogP contribution in [0.5, 0.6) is 0 Å². The number of rotatable bonds is 5. The highest BCUT2D eigenvalue weighted by molar-refractivity contribution is 9.10. The fourth-order valence-electron chi connectivity index (χ4n) is 2.83. The second-order valence-corrected chi connectivity index (χ2v) is 7.02. The molecule has 0 aromatic heterocycles. The van der Waals surface area contributed by atoms with E-state index in [0.29, 0.717) is 24.2 Å². The van der Waals surface area contributed by atoms with Crippen molar-refractivity contribution in [2.24, 2.45) is 0 Å². The average Bonchev–Trinajstić information content (AvgIpc) is 3.01.